The highest BCUT2D eigenvalue weighted by Crippen LogP contribution is 2.37. The molecule has 11 heteroatoms. The molecule has 0 bridgehead atoms. The summed E-state index contributed by atoms with van der Waals surface area (Å²) in [6, 6.07) is -1.76. The van der Waals surface area contributed by atoms with Gasteiger partial charge in [0.15, 0.2) is 17.9 Å². The number of piperidine rings is 1. The summed E-state index contributed by atoms with van der Waals surface area (Å²) in [4.78, 5) is 48.5. The van der Waals surface area contributed by atoms with Crippen molar-refractivity contribution >= 4 is 24.0 Å². The summed E-state index contributed by atoms with van der Waals surface area (Å²) in [5, 5.41) is 12.3. The maximum absolute atomic E-state index is 13.1. The van der Waals surface area contributed by atoms with E-state index >= 15 is 0 Å². The smallest absolute Gasteiger partial charge is 0.407 e. The Morgan fingerprint density at radius 3 is 2.67 bits per heavy atom. The van der Waals surface area contributed by atoms with Crippen molar-refractivity contribution < 1.29 is 19.1 Å². The van der Waals surface area contributed by atoms with E-state index in [0.717, 1.165) is 12.8 Å². The van der Waals surface area contributed by atoms with Gasteiger partial charge in [0.2, 0.25) is 5.96 Å². The molecule has 3 rings (SSSR count). The summed E-state index contributed by atoms with van der Waals surface area (Å²) in [6.45, 7) is 10.2. The Balaban J connectivity index is 1.89. The number of likely N-dealkylation sites (tertiary alicyclic amines) is 1. The van der Waals surface area contributed by atoms with Gasteiger partial charge in [-0.05, 0) is 47.5 Å². The zero-order chi connectivity index (χ0) is 24.6. The lowest BCUT2D eigenvalue weighted by Crippen LogP contribution is -2.69. The number of aliphatic imine (C=N–C) groups is 1. The topological polar surface area (TPSA) is 122 Å². The largest absolute Gasteiger partial charge is 0.444 e. The minimum atomic E-state index is -1.18. The first-order valence-corrected chi connectivity index (χ1v) is 10.9. The van der Waals surface area contributed by atoms with Gasteiger partial charge in [0.05, 0.1) is 6.54 Å². The fourth-order valence-corrected chi connectivity index (χ4v) is 4.35. The minimum absolute atomic E-state index is 0.170. The van der Waals surface area contributed by atoms with Gasteiger partial charge in [0.1, 0.15) is 5.60 Å². The molecular weight excluding hydrogens is 426 g/mol. The molecular formula is C22H31N7O4. The molecule has 0 aromatic heterocycles. The number of ether oxygens (including phenoxy) is 1. The van der Waals surface area contributed by atoms with E-state index in [1.165, 1.54) is 11.9 Å². The quantitative estimate of drug-likeness (QED) is 0.487. The summed E-state index contributed by atoms with van der Waals surface area (Å²) in [6.07, 6.45) is 2.77. The molecule has 0 aliphatic carbocycles. The van der Waals surface area contributed by atoms with Crippen molar-refractivity contribution in [1.82, 2.24) is 24.9 Å². The average molecular weight is 458 g/mol. The average Bonchev–Trinajstić information content (AvgIpc) is 3.03. The Hall–Kier alpha value is -3.47. The second kappa shape index (κ2) is 8.81. The lowest BCUT2D eigenvalue weighted by Gasteiger charge is -2.45. The van der Waals surface area contributed by atoms with Crippen LogP contribution in [-0.4, -0.2) is 93.6 Å². The van der Waals surface area contributed by atoms with Crippen molar-refractivity contribution in [3.8, 4) is 18.0 Å². The number of imide groups is 1. The third kappa shape index (κ3) is 4.54. The van der Waals surface area contributed by atoms with E-state index in [1.807, 2.05) is 4.90 Å². The van der Waals surface area contributed by atoms with Crippen molar-refractivity contribution in [2.75, 3.05) is 26.7 Å². The van der Waals surface area contributed by atoms with Crippen LogP contribution in [0.5, 0.6) is 0 Å². The Labute approximate surface area is 194 Å². The first kappa shape index (κ1) is 24.2. The number of nitriles is 1. The SMILES string of the molecule is CC#CCN1C(N2CCC[C@@H](NC(=O)OC(C)(C)C)C2)=NC2(C)C1C(=O)N(C#N)C(=O)N2C. The van der Waals surface area contributed by atoms with Crippen LogP contribution in [-0.2, 0) is 9.53 Å². The predicted molar refractivity (Wildman–Crippen MR) is 119 cm³/mol. The van der Waals surface area contributed by atoms with Crippen LogP contribution in [0.2, 0.25) is 0 Å². The van der Waals surface area contributed by atoms with Crippen LogP contribution in [0.4, 0.5) is 9.59 Å². The first-order chi connectivity index (χ1) is 15.4. The molecule has 4 amide bonds. The molecule has 0 aromatic rings. The minimum Gasteiger partial charge on any atom is -0.444 e. The predicted octanol–water partition coefficient (Wildman–Crippen LogP) is 1.13. The number of nitrogens with zero attached hydrogens (tertiary/aromatic N) is 6. The number of hydrogen-bond donors (Lipinski definition) is 1. The standard InChI is InChI=1S/C22H31N7O4/c1-7-8-12-28-16-17(30)29(14-23)20(32)26(6)22(16,5)25-18(28)27-11-9-10-15(13-27)24-19(31)33-21(2,3)4/h15-16H,9-13H2,1-6H3,(H,24,31)/t15-,16?,22?/m1/s1. The molecule has 33 heavy (non-hydrogen) atoms. The van der Waals surface area contributed by atoms with Gasteiger partial charge in [0, 0.05) is 26.2 Å². The Kier molecular flexibility index (Phi) is 6.46. The van der Waals surface area contributed by atoms with E-state index in [0.29, 0.717) is 23.9 Å². The second-order valence-electron chi connectivity index (χ2n) is 9.51. The van der Waals surface area contributed by atoms with E-state index in [2.05, 4.69) is 17.2 Å². The highest BCUT2D eigenvalue weighted by atomic mass is 16.6. The molecule has 3 heterocycles. The van der Waals surface area contributed by atoms with Crippen molar-refractivity contribution in [3.05, 3.63) is 0 Å². The fraction of sp³-hybridized carbons (Fsp3) is 0.682. The van der Waals surface area contributed by atoms with Gasteiger partial charge in [-0.25, -0.2) is 14.6 Å². The molecule has 178 valence electrons. The van der Waals surface area contributed by atoms with E-state index < -0.39 is 35.3 Å². The Morgan fingerprint density at radius 2 is 2.06 bits per heavy atom. The van der Waals surface area contributed by atoms with Gasteiger partial charge in [-0.3, -0.25) is 9.69 Å². The molecule has 3 aliphatic heterocycles. The molecule has 2 fully saturated rings. The van der Waals surface area contributed by atoms with Crippen LogP contribution >= 0.6 is 0 Å². The first-order valence-electron chi connectivity index (χ1n) is 10.9. The van der Waals surface area contributed by atoms with Crippen LogP contribution < -0.4 is 5.32 Å². The monoisotopic (exact) mass is 457 g/mol. The number of fused-ring (bicyclic) bond motifs is 1. The lowest BCUT2D eigenvalue weighted by molar-refractivity contribution is -0.137. The van der Waals surface area contributed by atoms with Crippen LogP contribution in [0.3, 0.4) is 0 Å². The van der Waals surface area contributed by atoms with Crippen molar-refractivity contribution in [2.24, 2.45) is 4.99 Å². The molecule has 3 aliphatic rings. The van der Waals surface area contributed by atoms with Crippen LogP contribution in [0.25, 0.3) is 0 Å². The normalized spacial score (nSPS) is 27.4. The number of urea groups is 1. The third-order valence-electron chi connectivity index (χ3n) is 5.98. The number of carbonyl (C=O) groups is 3. The number of carbonyl (C=O) groups excluding carboxylic acids is 3. The highest BCUT2D eigenvalue weighted by molar-refractivity contribution is 6.06. The molecule has 1 N–H and O–H groups in total. The third-order valence-corrected chi connectivity index (χ3v) is 5.98. The van der Waals surface area contributed by atoms with E-state index in [9.17, 15) is 19.6 Å². The number of guanidine groups is 1. The van der Waals surface area contributed by atoms with Crippen LogP contribution in [0.1, 0.15) is 47.5 Å². The number of nitrogens with one attached hydrogen (secondary N) is 1. The van der Waals surface area contributed by atoms with E-state index in [1.54, 1.807) is 45.7 Å². The number of likely N-dealkylation sites (N-methyl/N-ethyl adjacent to an activating group) is 1. The van der Waals surface area contributed by atoms with Gasteiger partial charge in [0.25, 0.3) is 5.91 Å². The number of rotatable bonds is 2. The summed E-state index contributed by atoms with van der Waals surface area (Å²) >= 11 is 0. The highest BCUT2D eigenvalue weighted by Gasteiger charge is 2.60. The zero-order valence-electron chi connectivity index (χ0n) is 20.0. The molecule has 0 saturated carbocycles. The second-order valence-corrected chi connectivity index (χ2v) is 9.51. The summed E-state index contributed by atoms with van der Waals surface area (Å²) in [5.41, 5.74) is -1.78. The van der Waals surface area contributed by atoms with Gasteiger partial charge >= 0.3 is 12.1 Å². The van der Waals surface area contributed by atoms with Gasteiger partial charge < -0.3 is 19.9 Å². The molecule has 0 radical (unpaired) electrons. The van der Waals surface area contributed by atoms with Crippen molar-refractivity contribution in [3.63, 3.8) is 0 Å². The van der Waals surface area contributed by atoms with Gasteiger partial charge in [-0.15, -0.1) is 5.92 Å². The van der Waals surface area contributed by atoms with E-state index in [4.69, 9.17) is 9.73 Å². The van der Waals surface area contributed by atoms with Crippen LogP contribution in [0.15, 0.2) is 4.99 Å². The molecule has 2 unspecified atom stereocenters. The molecule has 2 saturated heterocycles. The van der Waals surface area contributed by atoms with Gasteiger partial charge in [-0.2, -0.15) is 10.2 Å². The van der Waals surface area contributed by atoms with Gasteiger partial charge in [-0.1, -0.05) is 5.92 Å². The van der Waals surface area contributed by atoms with Crippen molar-refractivity contribution in [2.45, 2.75) is 70.8 Å². The number of hydrogen-bond acceptors (Lipinski definition) is 8. The Morgan fingerprint density at radius 1 is 1.36 bits per heavy atom. The summed E-state index contributed by atoms with van der Waals surface area (Å²) in [5.74, 6) is 5.71. The maximum atomic E-state index is 13.1. The summed E-state index contributed by atoms with van der Waals surface area (Å²) in [7, 11) is 1.53. The van der Waals surface area contributed by atoms with Crippen molar-refractivity contribution in [1.29, 1.82) is 5.26 Å². The lowest BCUT2D eigenvalue weighted by atomic mass is 9.97. The molecule has 11 nitrogen and oxygen atoms in total. The fourth-order valence-electron chi connectivity index (χ4n) is 4.35. The molecule has 0 aromatic carbocycles. The Bertz CT molecular complexity index is 970. The summed E-state index contributed by atoms with van der Waals surface area (Å²) < 4.78 is 5.38. The zero-order valence-corrected chi connectivity index (χ0v) is 20.0. The molecule has 3 atom stereocenters. The number of alkyl carbamates (subject to hydrolysis) is 1. The maximum Gasteiger partial charge on any atom is 0.407 e. The van der Waals surface area contributed by atoms with Crippen LogP contribution in [0, 0.1) is 23.3 Å². The number of amides is 4. The molecule has 0 spiro atoms. The van der Waals surface area contributed by atoms with E-state index in [-0.39, 0.29) is 12.6 Å².